The number of carbonyl (C=O) groups excluding carboxylic acids is 2. The Balaban J connectivity index is 1.94. The van der Waals surface area contributed by atoms with Gasteiger partial charge in [0.1, 0.15) is 12.4 Å². The van der Waals surface area contributed by atoms with Crippen LogP contribution >= 0.6 is 11.8 Å². The summed E-state index contributed by atoms with van der Waals surface area (Å²) in [6.45, 7) is 5.26. The number of amides is 1. The number of nitrogens with one attached hydrogen (secondary N) is 2. The molecular weight excluding hydrogens is 494 g/mol. The lowest BCUT2D eigenvalue weighted by atomic mass is 9.82. The Hall–Kier alpha value is -4.36. The predicted octanol–water partition coefficient (Wildman–Crippen LogP) is 4.21. The summed E-state index contributed by atoms with van der Waals surface area (Å²) in [5.74, 6) is -1.00. The van der Waals surface area contributed by atoms with E-state index in [9.17, 15) is 20.0 Å². The molecule has 0 spiro atoms. The first-order valence-corrected chi connectivity index (χ1v) is 12.1. The number of nitriles is 1. The molecule has 9 nitrogen and oxygen atoms in total. The average molecular weight is 522 g/mol. The summed E-state index contributed by atoms with van der Waals surface area (Å²) in [6.07, 6.45) is 1.45. The second kappa shape index (κ2) is 12.6. The summed E-state index contributed by atoms with van der Waals surface area (Å²) in [6, 6.07) is 13.8. The first kappa shape index (κ1) is 27.2. The number of allylic oxidation sites excluding steroid dienone is 2. The van der Waals surface area contributed by atoms with E-state index in [-0.39, 0.29) is 40.9 Å². The molecule has 1 amide bonds. The Labute approximate surface area is 219 Å². The van der Waals surface area contributed by atoms with Gasteiger partial charge in [-0.15, -0.1) is 0 Å². The van der Waals surface area contributed by atoms with Gasteiger partial charge in [-0.05, 0) is 36.8 Å². The van der Waals surface area contributed by atoms with E-state index < -0.39 is 11.9 Å². The van der Waals surface area contributed by atoms with Gasteiger partial charge in [-0.3, -0.25) is 4.79 Å². The van der Waals surface area contributed by atoms with E-state index in [0.29, 0.717) is 27.7 Å². The summed E-state index contributed by atoms with van der Waals surface area (Å²) < 4.78 is 15.7. The summed E-state index contributed by atoms with van der Waals surface area (Å²) in [5, 5.41) is 26.5. The van der Waals surface area contributed by atoms with E-state index in [4.69, 9.17) is 14.2 Å². The van der Waals surface area contributed by atoms with Crippen molar-refractivity contribution in [1.29, 1.82) is 5.26 Å². The maximum Gasteiger partial charge on any atom is 0.337 e. The molecule has 0 saturated carbocycles. The van der Waals surface area contributed by atoms with Crippen LogP contribution in [-0.2, 0) is 14.3 Å². The largest absolute Gasteiger partial charge is 0.504 e. The quantitative estimate of drug-likeness (QED) is 0.311. The first-order valence-electron chi connectivity index (χ1n) is 11.2. The highest BCUT2D eigenvalue weighted by Gasteiger charge is 2.36. The van der Waals surface area contributed by atoms with Gasteiger partial charge in [-0.2, -0.15) is 5.26 Å². The van der Waals surface area contributed by atoms with Crippen LogP contribution in [0.25, 0.3) is 0 Å². The Kier molecular flexibility index (Phi) is 9.24. The van der Waals surface area contributed by atoms with Crippen LogP contribution in [0.5, 0.6) is 17.2 Å². The standard InChI is InChI=1S/C27H27N3O6S/c1-5-11-36-27(33)24-16(2)29-26(37-15-23(32)30-18-7-6-8-19(13-18)34-3)20(14-28)25(24)17-9-10-21(31)22(12-17)35-4/h5-10,12-13,25,29,31H,1,11,15H2,2-4H3,(H,30,32). The summed E-state index contributed by atoms with van der Waals surface area (Å²) in [7, 11) is 2.95. The number of aromatic hydroxyl groups is 1. The van der Waals surface area contributed by atoms with Crippen LogP contribution in [0.4, 0.5) is 5.69 Å². The van der Waals surface area contributed by atoms with Crippen molar-refractivity contribution >= 4 is 29.3 Å². The molecule has 10 heteroatoms. The molecule has 0 fully saturated rings. The topological polar surface area (TPSA) is 130 Å². The van der Waals surface area contributed by atoms with Crippen LogP contribution in [0, 0.1) is 11.3 Å². The maximum absolute atomic E-state index is 13.0. The molecule has 0 aliphatic carbocycles. The number of dihydropyridines is 1. The molecule has 0 aromatic heterocycles. The van der Waals surface area contributed by atoms with E-state index >= 15 is 0 Å². The number of phenolic OH excluding ortho intramolecular Hbond substituents is 1. The molecule has 3 N–H and O–H groups in total. The molecule has 2 aromatic carbocycles. The molecule has 1 heterocycles. The number of hydrogen-bond donors (Lipinski definition) is 3. The van der Waals surface area contributed by atoms with Gasteiger partial charge in [-0.1, -0.05) is 36.5 Å². The minimum Gasteiger partial charge on any atom is -0.504 e. The van der Waals surface area contributed by atoms with Crippen LogP contribution in [0.2, 0.25) is 0 Å². The zero-order chi connectivity index (χ0) is 26.9. The summed E-state index contributed by atoms with van der Waals surface area (Å²) >= 11 is 1.13. The number of anilines is 1. The minimum atomic E-state index is -0.818. The van der Waals surface area contributed by atoms with Crippen LogP contribution in [0.1, 0.15) is 18.4 Å². The SMILES string of the molecule is C=CCOC(=O)C1=C(C)NC(SCC(=O)Nc2cccc(OC)c2)=C(C#N)C1c1ccc(O)c(OC)c1. The van der Waals surface area contributed by atoms with Crippen molar-refractivity contribution in [2.24, 2.45) is 0 Å². The average Bonchev–Trinajstić information content (AvgIpc) is 2.90. The van der Waals surface area contributed by atoms with Crippen LogP contribution < -0.4 is 20.1 Å². The first-order chi connectivity index (χ1) is 17.8. The van der Waals surface area contributed by atoms with Crippen molar-refractivity contribution in [1.82, 2.24) is 5.32 Å². The molecule has 0 saturated heterocycles. The minimum absolute atomic E-state index is 0.000133. The number of ether oxygens (including phenoxy) is 3. The van der Waals surface area contributed by atoms with E-state index in [1.807, 2.05) is 0 Å². The number of nitrogens with zero attached hydrogens (tertiary/aromatic N) is 1. The van der Waals surface area contributed by atoms with Crippen LogP contribution in [0.15, 0.2) is 77.0 Å². The van der Waals surface area contributed by atoms with Gasteiger partial charge in [0.2, 0.25) is 5.91 Å². The van der Waals surface area contributed by atoms with Crippen LogP contribution in [-0.4, -0.2) is 43.6 Å². The third kappa shape index (κ3) is 6.45. The maximum atomic E-state index is 13.0. The normalized spacial score (nSPS) is 14.8. The highest BCUT2D eigenvalue weighted by atomic mass is 32.2. The number of benzene rings is 2. The number of methoxy groups -OCH3 is 2. The second-order valence-electron chi connectivity index (χ2n) is 7.84. The lowest BCUT2D eigenvalue weighted by Gasteiger charge is -2.29. The fourth-order valence-electron chi connectivity index (χ4n) is 3.75. The van der Waals surface area contributed by atoms with E-state index in [2.05, 4.69) is 23.3 Å². The monoisotopic (exact) mass is 521 g/mol. The Bertz CT molecular complexity index is 1310. The van der Waals surface area contributed by atoms with Crippen molar-refractivity contribution in [3.05, 3.63) is 82.6 Å². The Morgan fingerprint density at radius 1 is 1.24 bits per heavy atom. The highest BCUT2D eigenvalue weighted by molar-refractivity contribution is 8.03. The lowest BCUT2D eigenvalue weighted by molar-refractivity contribution is -0.138. The van der Waals surface area contributed by atoms with Crippen molar-refractivity contribution < 1.29 is 28.9 Å². The van der Waals surface area contributed by atoms with Gasteiger partial charge in [-0.25, -0.2) is 4.79 Å². The van der Waals surface area contributed by atoms with Crippen molar-refractivity contribution in [3.8, 4) is 23.3 Å². The van der Waals surface area contributed by atoms with Crippen LogP contribution in [0.3, 0.4) is 0 Å². The number of carbonyl (C=O) groups is 2. The smallest absolute Gasteiger partial charge is 0.337 e. The summed E-state index contributed by atoms with van der Waals surface area (Å²) in [4.78, 5) is 25.6. The van der Waals surface area contributed by atoms with Crippen molar-refractivity contribution in [2.75, 3.05) is 31.9 Å². The molecule has 0 bridgehead atoms. The van der Waals surface area contributed by atoms with Gasteiger partial charge >= 0.3 is 5.97 Å². The molecule has 0 radical (unpaired) electrons. The third-order valence-electron chi connectivity index (χ3n) is 5.44. The molecular formula is C27H27N3O6S. The molecule has 1 aliphatic rings. The fourth-order valence-corrected chi connectivity index (χ4v) is 4.64. The Morgan fingerprint density at radius 3 is 2.70 bits per heavy atom. The van der Waals surface area contributed by atoms with Crippen molar-refractivity contribution in [3.63, 3.8) is 0 Å². The number of hydrogen-bond acceptors (Lipinski definition) is 9. The highest BCUT2D eigenvalue weighted by Crippen LogP contribution is 2.43. The molecule has 3 rings (SSSR count). The molecule has 2 aromatic rings. The third-order valence-corrected chi connectivity index (χ3v) is 6.46. The Morgan fingerprint density at radius 2 is 2.03 bits per heavy atom. The molecule has 1 aliphatic heterocycles. The van der Waals surface area contributed by atoms with Crippen molar-refractivity contribution in [2.45, 2.75) is 12.8 Å². The second-order valence-corrected chi connectivity index (χ2v) is 8.82. The van der Waals surface area contributed by atoms with Gasteiger partial charge in [0.25, 0.3) is 0 Å². The molecule has 37 heavy (non-hydrogen) atoms. The van der Waals surface area contributed by atoms with Gasteiger partial charge in [0.05, 0.1) is 48.1 Å². The van der Waals surface area contributed by atoms with Gasteiger partial charge < -0.3 is 30.0 Å². The molecule has 192 valence electrons. The molecule has 1 unspecified atom stereocenters. The number of phenols is 1. The van der Waals surface area contributed by atoms with Gasteiger partial charge in [0.15, 0.2) is 11.5 Å². The zero-order valence-electron chi connectivity index (χ0n) is 20.7. The van der Waals surface area contributed by atoms with Gasteiger partial charge in [0, 0.05) is 17.5 Å². The predicted molar refractivity (Wildman–Crippen MR) is 141 cm³/mol. The lowest BCUT2D eigenvalue weighted by Crippen LogP contribution is -2.29. The van der Waals surface area contributed by atoms with E-state index in [1.54, 1.807) is 50.4 Å². The zero-order valence-corrected chi connectivity index (χ0v) is 21.5. The molecule has 1 atom stereocenters. The number of esters is 1. The summed E-state index contributed by atoms with van der Waals surface area (Å²) in [5.41, 5.74) is 2.05. The number of rotatable bonds is 10. The fraction of sp³-hybridized carbons (Fsp3) is 0.222. The number of thioether (sulfide) groups is 1. The van der Waals surface area contributed by atoms with E-state index in [0.717, 1.165) is 11.8 Å². The van der Waals surface area contributed by atoms with E-state index in [1.165, 1.54) is 19.3 Å².